The molecule has 0 saturated carbocycles. The van der Waals surface area contributed by atoms with Crippen molar-refractivity contribution in [3.8, 4) is 5.75 Å². The number of hydrogen-bond donors (Lipinski definition) is 3. The number of anilines is 2. The predicted octanol–water partition coefficient (Wildman–Crippen LogP) is 5.04. The van der Waals surface area contributed by atoms with Gasteiger partial charge in [0.2, 0.25) is 10.0 Å². The van der Waals surface area contributed by atoms with E-state index in [1.54, 1.807) is 19.1 Å². The highest BCUT2D eigenvalue weighted by Crippen LogP contribution is 2.31. The van der Waals surface area contributed by atoms with Crippen LogP contribution in [0.1, 0.15) is 56.0 Å². The van der Waals surface area contributed by atoms with E-state index in [1.807, 2.05) is 13.8 Å². The van der Waals surface area contributed by atoms with Gasteiger partial charge in [0.1, 0.15) is 5.75 Å². The number of aliphatic hydroxyl groups is 1. The van der Waals surface area contributed by atoms with Crippen molar-refractivity contribution in [3.63, 3.8) is 0 Å². The first-order valence-electron chi connectivity index (χ1n) is 15.0. The number of halogens is 3. The Hall–Kier alpha value is -3.40. The second-order valence-electron chi connectivity index (χ2n) is 11.7. The number of nitrogens with one attached hydrogen (secondary N) is 2. The number of hydrogen-bond acceptors (Lipinski definition) is 7. The molecule has 1 aliphatic heterocycles. The number of alkyl halides is 3. The second kappa shape index (κ2) is 15.9. The number of urea groups is 1. The second-order valence-corrected chi connectivity index (χ2v) is 13.8. The summed E-state index contributed by atoms with van der Waals surface area (Å²) in [6, 6.07) is 7.12. The van der Waals surface area contributed by atoms with Crippen molar-refractivity contribution in [2.24, 2.45) is 5.92 Å². The maximum atomic E-state index is 14.2. The minimum atomic E-state index is -4.51. The fourth-order valence-electron chi connectivity index (χ4n) is 4.89. The Morgan fingerprint density at radius 2 is 1.74 bits per heavy atom. The van der Waals surface area contributed by atoms with Crippen molar-refractivity contribution < 1.29 is 45.8 Å². The third-order valence-corrected chi connectivity index (χ3v) is 9.06. The summed E-state index contributed by atoms with van der Waals surface area (Å²) in [6.45, 7) is 5.62. The molecule has 0 aromatic heterocycles. The van der Waals surface area contributed by atoms with Crippen molar-refractivity contribution in [1.82, 2.24) is 9.21 Å². The number of likely N-dealkylation sites (N-methyl/N-ethyl adjacent to an activating group) is 1. The minimum Gasteiger partial charge on any atom is -0.490 e. The third kappa shape index (κ3) is 10.6. The zero-order valence-electron chi connectivity index (χ0n) is 26.6. The molecule has 3 N–H and O–H groups in total. The van der Waals surface area contributed by atoms with E-state index in [0.717, 1.165) is 36.9 Å². The number of fused-ring (bicyclic) bond motifs is 1. The molecule has 1 heterocycles. The van der Waals surface area contributed by atoms with Crippen molar-refractivity contribution in [2.45, 2.75) is 64.5 Å². The molecular weight excluding hydrogens is 629 g/mol. The van der Waals surface area contributed by atoms with E-state index in [0.29, 0.717) is 19.4 Å². The molecule has 11 nitrogen and oxygen atoms in total. The predicted molar refractivity (Wildman–Crippen MR) is 168 cm³/mol. The van der Waals surface area contributed by atoms with Crippen LogP contribution >= 0.6 is 0 Å². The summed E-state index contributed by atoms with van der Waals surface area (Å²) in [5.41, 5.74) is -0.384. The molecule has 256 valence electrons. The molecular formula is C31H43F3N4O7S. The summed E-state index contributed by atoms with van der Waals surface area (Å²) in [5.74, 6) is -0.561. The van der Waals surface area contributed by atoms with Crippen LogP contribution < -0.4 is 15.4 Å². The molecule has 0 radical (unpaired) electrons. The Kier molecular flexibility index (Phi) is 12.8. The lowest BCUT2D eigenvalue weighted by Crippen LogP contribution is -2.47. The monoisotopic (exact) mass is 672 g/mol. The number of ether oxygens (including phenoxy) is 2. The van der Waals surface area contributed by atoms with Crippen LogP contribution in [0.5, 0.6) is 5.75 Å². The van der Waals surface area contributed by atoms with Crippen molar-refractivity contribution in [2.75, 3.05) is 50.2 Å². The van der Waals surface area contributed by atoms with Crippen molar-refractivity contribution in [3.05, 3.63) is 53.6 Å². The lowest BCUT2D eigenvalue weighted by molar-refractivity contribution is -0.137. The summed E-state index contributed by atoms with van der Waals surface area (Å²) in [5, 5.41) is 15.1. The third-order valence-electron chi connectivity index (χ3n) is 7.78. The fraction of sp³-hybridized carbons (Fsp3) is 0.548. The lowest BCUT2D eigenvalue weighted by Gasteiger charge is -2.35. The Balaban J connectivity index is 1.92. The first kappa shape index (κ1) is 37.1. The fourth-order valence-corrected chi connectivity index (χ4v) is 5.31. The van der Waals surface area contributed by atoms with Gasteiger partial charge in [-0.1, -0.05) is 6.92 Å². The highest BCUT2D eigenvalue weighted by molar-refractivity contribution is 7.88. The smallest absolute Gasteiger partial charge is 0.416 e. The average Bonchev–Trinajstić information content (AvgIpc) is 2.97. The van der Waals surface area contributed by atoms with Gasteiger partial charge in [0.15, 0.2) is 0 Å². The molecule has 1 aliphatic rings. The molecule has 3 rings (SSSR count). The number of carbonyl (C=O) groups is 2. The molecule has 15 heteroatoms. The number of nitrogens with zero attached hydrogens (tertiary/aromatic N) is 2. The summed E-state index contributed by atoms with van der Waals surface area (Å²) in [4.78, 5) is 28.4. The highest BCUT2D eigenvalue weighted by atomic mass is 32.2. The van der Waals surface area contributed by atoms with Gasteiger partial charge in [0.25, 0.3) is 5.91 Å². The molecule has 2 aromatic rings. The molecule has 0 spiro atoms. The normalized spacial score (nSPS) is 21.1. The highest BCUT2D eigenvalue weighted by Gasteiger charge is 2.32. The maximum Gasteiger partial charge on any atom is 0.416 e. The number of rotatable bonds is 7. The molecule has 4 atom stereocenters. The van der Waals surface area contributed by atoms with E-state index >= 15 is 0 Å². The Morgan fingerprint density at radius 3 is 2.35 bits per heavy atom. The Bertz CT molecular complexity index is 1440. The first-order chi connectivity index (χ1) is 21.5. The number of sulfonamides is 1. The minimum absolute atomic E-state index is 0.0771. The molecule has 2 aromatic carbocycles. The number of amides is 3. The van der Waals surface area contributed by atoms with E-state index in [-0.39, 0.29) is 54.4 Å². The van der Waals surface area contributed by atoms with E-state index in [1.165, 1.54) is 22.3 Å². The van der Waals surface area contributed by atoms with Crippen molar-refractivity contribution in [1.29, 1.82) is 0 Å². The molecule has 0 unspecified atom stereocenters. The van der Waals surface area contributed by atoms with Gasteiger partial charge in [0, 0.05) is 44.0 Å². The topological polar surface area (TPSA) is 138 Å². The number of carbonyl (C=O) groups excluding carboxylic acids is 2. The SMILES string of the molecule is C[C@H](CO)N1C[C@H](C)[C@H](CN(C)S(C)(=O)=O)OCCCC[C@H](C)Oc2ccc(NC(=O)Nc3ccc(C(F)(F)F)cc3)cc2C1=O. The standard InChI is InChI=1S/C31H43F3N4O7S/c1-20-17-38(21(2)19-39)29(40)26-16-25(36-30(41)35-24-11-9-23(10-12-24)31(32,33)34)13-14-27(26)45-22(3)8-6-7-15-44-28(20)18-37(4)46(5,42)43/h9-14,16,20-22,28,39H,6-8,15,17-19H2,1-5H3,(H2,35,36,41)/t20-,21+,22-,28-/m0/s1. The van der Waals surface area contributed by atoms with Gasteiger partial charge >= 0.3 is 12.2 Å². The molecule has 3 amide bonds. The van der Waals surface area contributed by atoms with Crippen LogP contribution in [0.15, 0.2) is 42.5 Å². The van der Waals surface area contributed by atoms with Gasteiger partial charge in [-0.3, -0.25) is 4.79 Å². The van der Waals surface area contributed by atoms with E-state index in [9.17, 15) is 36.3 Å². The van der Waals surface area contributed by atoms with Crippen LogP contribution in [0.3, 0.4) is 0 Å². The van der Waals surface area contributed by atoms with Crippen LogP contribution in [-0.2, 0) is 20.9 Å². The van der Waals surface area contributed by atoms with Gasteiger partial charge in [-0.2, -0.15) is 13.2 Å². The number of benzene rings is 2. The molecule has 0 bridgehead atoms. The van der Waals surface area contributed by atoms with E-state index in [4.69, 9.17) is 9.47 Å². The van der Waals surface area contributed by atoms with Gasteiger partial charge in [0.05, 0.1) is 42.2 Å². The summed E-state index contributed by atoms with van der Waals surface area (Å²) < 4.78 is 76.5. The van der Waals surface area contributed by atoms with Gasteiger partial charge in [-0.25, -0.2) is 17.5 Å². The first-order valence-corrected chi connectivity index (χ1v) is 16.8. The summed E-state index contributed by atoms with van der Waals surface area (Å²) in [6.07, 6.45) is -2.12. The summed E-state index contributed by atoms with van der Waals surface area (Å²) >= 11 is 0. The molecule has 46 heavy (non-hydrogen) atoms. The van der Waals surface area contributed by atoms with Crippen LogP contribution in [0.4, 0.5) is 29.3 Å². The largest absolute Gasteiger partial charge is 0.490 e. The van der Waals surface area contributed by atoms with Crippen LogP contribution in [-0.4, -0.2) is 92.5 Å². The van der Waals surface area contributed by atoms with Gasteiger partial charge in [-0.15, -0.1) is 0 Å². The van der Waals surface area contributed by atoms with Crippen LogP contribution in [0.2, 0.25) is 0 Å². The van der Waals surface area contributed by atoms with Gasteiger partial charge < -0.3 is 30.1 Å². The van der Waals surface area contributed by atoms with E-state index in [2.05, 4.69) is 10.6 Å². The molecule has 0 fully saturated rings. The summed E-state index contributed by atoms with van der Waals surface area (Å²) in [7, 11) is -2.02. The maximum absolute atomic E-state index is 14.2. The van der Waals surface area contributed by atoms with Crippen LogP contribution in [0.25, 0.3) is 0 Å². The number of aliphatic hydroxyl groups excluding tert-OH is 1. The molecule has 0 saturated heterocycles. The molecule has 0 aliphatic carbocycles. The zero-order valence-corrected chi connectivity index (χ0v) is 27.5. The lowest BCUT2D eigenvalue weighted by atomic mass is 10.0. The Labute approximate surface area is 268 Å². The van der Waals surface area contributed by atoms with Crippen molar-refractivity contribution >= 4 is 33.3 Å². The Morgan fingerprint density at radius 1 is 1.11 bits per heavy atom. The average molecular weight is 673 g/mol. The van der Waals surface area contributed by atoms with E-state index < -0.39 is 45.8 Å². The van der Waals surface area contributed by atoms with Gasteiger partial charge in [-0.05, 0) is 75.6 Å². The quantitative estimate of drug-likeness (QED) is 0.375. The zero-order chi connectivity index (χ0) is 34.2. The van der Waals surface area contributed by atoms with Crippen LogP contribution in [0, 0.1) is 5.92 Å².